The SMILES string of the molecule is CC(C)(C)Sc1ccc(Cl)c(F)n1. The van der Waals surface area contributed by atoms with Crippen molar-refractivity contribution in [2.75, 3.05) is 0 Å². The van der Waals surface area contributed by atoms with Crippen molar-refractivity contribution in [2.45, 2.75) is 30.5 Å². The first kappa shape index (κ1) is 10.8. The predicted molar refractivity (Wildman–Crippen MR) is 54.8 cm³/mol. The van der Waals surface area contributed by atoms with Gasteiger partial charge in [-0.3, -0.25) is 0 Å². The molecule has 4 heteroatoms. The third kappa shape index (κ3) is 3.53. The molecule has 72 valence electrons. The van der Waals surface area contributed by atoms with E-state index in [-0.39, 0.29) is 9.77 Å². The molecule has 0 aromatic carbocycles. The van der Waals surface area contributed by atoms with Crippen LogP contribution in [0, 0.1) is 5.95 Å². The van der Waals surface area contributed by atoms with Crippen molar-refractivity contribution in [1.29, 1.82) is 0 Å². The molecule has 0 atom stereocenters. The van der Waals surface area contributed by atoms with Crippen LogP contribution in [0.15, 0.2) is 17.2 Å². The van der Waals surface area contributed by atoms with E-state index in [9.17, 15) is 4.39 Å². The van der Waals surface area contributed by atoms with Crippen molar-refractivity contribution >= 4 is 23.4 Å². The lowest BCUT2D eigenvalue weighted by Gasteiger charge is -2.16. The predicted octanol–water partition coefficient (Wildman–Crippen LogP) is 3.76. The maximum absolute atomic E-state index is 12.9. The van der Waals surface area contributed by atoms with Gasteiger partial charge in [0.05, 0.1) is 10.0 Å². The van der Waals surface area contributed by atoms with Crippen molar-refractivity contribution in [2.24, 2.45) is 0 Å². The fourth-order valence-electron chi connectivity index (χ4n) is 0.771. The molecule has 0 aliphatic rings. The summed E-state index contributed by atoms with van der Waals surface area (Å²) < 4.78 is 12.9. The molecule has 0 unspecified atom stereocenters. The van der Waals surface area contributed by atoms with E-state index in [4.69, 9.17) is 11.6 Å². The monoisotopic (exact) mass is 219 g/mol. The first-order valence-corrected chi connectivity index (χ1v) is 5.09. The zero-order valence-corrected chi connectivity index (χ0v) is 9.34. The third-order valence-corrected chi connectivity index (χ3v) is 2.52. The number of thioether (sulfide) groups is 1. The molecule has 0 aliphatic carbocycles. The number of hydrogen-bond acceptors (Lipinski definition) is 2. The van der Waals surface area contributed by atoms with E-state index in [0.717, 1.165) is 0 Å². The van der Waals surface area contributed by atoms with Gasteiger partial charge in [0.2, 0.25) is 5.95 Å². The van der Waals surface area contributed by atoms with Gasteiger partial charge in [0.25, 0.3) is 0 Å². The van der Waals surface area contributed by atoms with Crippen LogP contribution in [-0.4, -0.2) is 9.73 Å². The minimum Gasteiger partial charge on any atom is -0.212 e. The summed E-state index contributed by atoms with van der Waals surface area (Å²) in [7, 11) is 0. The summed E-state index contributed by atoms with van der Waals surface area (Å²) in [5, 5.41) is 0.729. The highest BCUT2D eigenvalue weighted by Gasteiger charge is 2.14. The molecular weight excluding hydrogens is 209 g/mol. The Bertz CT molecular complexity index is 309. The van der Waals surface area contributed by atoms with E-state index in [1.54, 1.807) is 6.07 Å². The molecule has 0 bridgehead atoms. The highest BCUT2D eigenvalue weighted by molar-refractivity contribution is 8.00. The van der Waals surface area contributed by atoms with Crippen LogP contribution in [0.5, 0.6) is 0 Å². The summed E-state index contributed by atoms with van der Waals surface area (Å²) in [6.45, 7) is 6.14. The molecule has 1 heterocycles. The average Bonchev–Trinajstić information content (AvgIpc) is 1.94. The molecule has 1 rings (SSSR count). The first-order chi connectivity index (χ1) is 5.88. The number of rotatable bonds is 1. The van der Waals surface area contributed by atoms with Crippen LogP contribution in [0.2, 0.25) is 5.02 Å². The maximum atomic E-state index is 12.9. The van der Waals surface area contributed by atoms with Gasteiger partial charge in [-0.2, -0.15) is 4.39 Å². The average molecular weight is 220 g/mol. The fraction of sp³-hybridized carbons (Fsp3) is 0.444. The molecule has 1 nitrogen and oxygen atoms in total. The van der Waals surface area contributed by atoms with Gasteiger partial charge < -0.3 is 0 Å². The quantitative estimate of drug-likeness (QED) is 0.527. The number of aromatic nitrogens is 1. The normalized spacial score (nSPS) is 11.8. The summed E-state index contributed by atoms with van der Waals surface area (Å²) in [6, 6.07) is 3.25. The summed E-state index contributed by atoms with van der Waals surface area (Å²) >= 11 is 7.02. The standard InChI is InChI=1S/C9H11ClFNS/c1-9(2,3)13-7-5-4-6(10)8(11)12-7/h4-5H,1-3H3. The topological polar surface area (TPSA) is 12.9 Å². The molecule has 0 amide bonds. The van der Waals surface area contributed by atoms with Gasteiger partial charge in [-0.15, -0.1) is 11.8 Å². The fourth-order valence-corrected chi connectivity index (χ4v) is 1.77. The Labute approximate surface area is 86.7 Å². The molecule has 1 aromatic heterocycles. The highest BCUT2D eigenvalue weighted by Crippen LogP contribution is 2.31. The van der Waals surface area contributed by atoms with E-state index < -0.39 is 5.95 Å². The van der Waals surface area contributed by atoms with Crippen LogP contribution in [0.25, 0.3) is 0 Å². The van der Waals surface area contributed by atoms with Crippen molar-refractivity contribution in [3.8, 4) is 0 Å². The van der Waals surface area contributed by atoms with Crippen LogP contribution in [0.4, 0.5) is 4.39 Å². The van der Waals surface area contributed by atoms with Crippen molar-refractivity contribution in [1.82, 2.24) is 4.98 Å². The lowest BCUT2D eigenvalue weighted by atomic mass is 10.3. The molecule has 0 saturated carbocycles. The van der Waals surface area contributed by atoms with Gasteiger partial charge in [0, 0.05) is 4.75 Å². The zero-order chi connectivity index (χ0) is 10.1. The van der Waals surface area contributed by atoms with Crippen LogP contribution in [0.1, 0.15) is 20.8 Å². The van der Waals surface area contributed by atoms with E-state index in [2.05, 4.69) is 4.98 Å². The second-order valence-electron chi connectivity index (χ2n) is 3.64. The molecule has 0 N–H and O–H groups in total. The molecule has 13 heavy (non-hydrogen) atoms. The number of pyridine rings is 1. The Balaban J connectivity index is 2.86. The van der Waals surface area contributed by atoms with Crippen LogP contribution in [0.3, 0.4) is 0 Å². The van der Waals surface area contributed by atoms with E-state index in [0.29, 0.717) is 5.03 Å². The van der Waals surface area contributed by atoms with Crippen molar-refractivity contribution in [3.05, 3.63) is 23.1 Å². The summed E-state index contributed by atoms with van der Waals surface area (Å²) in [5.74, 6) is -0.601. The van der Waals surface area contributed by atoms with Crippen molar-refractivity contribution < 1.29 is 4.39 Å². The van der Waals surface area contributed by atoms with Crippen LogP contribution in [-0.2, 0) is 0 Å². The van der Waals surface area contributed by atoms with Gasteiger partial charge in [-0.25, -0.2) is 4.98 Å². The van der Waals surface area contributed by atoms with Crippen molar-refractivity contribution in [3.63, 3.8) is 0 Å². The summed E-state index contributed by atoms with van der Waals surface area (Å²) in [4.78, 5) is 3.72. The Kier molecular flexibility index (Phi) is 3.19. The summed E-state index contributed by atoms with van der Waals surface area (Å²) in [5.41, 5.74) is 0. The highest BCUT2D eigenvalue weighted by atomic mass is 35.5. The van der Waals surface area contributed by atoms with E-state index in [1.807, 2.05) is 20.8 Å². The second-order valence-corrected chi connectivity index (χ2v) is 5.89. The second kappa shape index (κ2) is 3.84. The zero-order valence-electron chi connectivity index (χ0n) is 7.77. The van der Waals surface area contributed by atoms with E-state index in [1.165, 1.54) is 17.8 Å². The largest absolute Gasteiger partial charge is 0.232 e. The number of hydrogen-bond donors (Lipinski definition) is 0. The van der Waals surface area contributed by atoms with Gasteiger partial charge >= 0.3 is 0 Å². The number of halogens is 2. The molecule has 0 spiro atoms. The Morgan fingerprint density at radius 1 is 1.38 bits per heavy atom. The molecule has 0 saturated heterocycles. The van der Waals surface area contributed by atoms with Gasteiger partial charge in [-0.05, 0) is 12.1 Å². The molecule has 0 aliphatic heterocycles. The lowest BCUT2D eigenvalue weighted by molar-refractivity contribution is 0.572. The molecule has 0 radical (unpaired) electrons. The van der Waals surface area contributed by atoms with Crippen LogP contribution < -0.4 is 0 Å². The Morgan fingerprint density at radius 3 is 2.46 bits per heavy atom. The number of nitrogens with zero attached hydrogens (tertiary/aromatic N) is 1. The van der Waals surface area contributed by atoms with E-state index >= 15 is 0 Å². The molecule has 1 aromatic rings. The maximum Gasteiger partial charge on any atom is 0.232 e. The van der Waals surface area contributed by atoms with Gasteiger partial charge in [0.15, 0.2) is 0 Å². The minimum absolute atomic E-state index is 0.0350. The van der Waals surface area contributed by atoms with Crippen LogP contribution >= 0.6 is 23.4 Å². The van der Waals surface area contributed by atoms with Gasteiger partial charge in [-0.1, -0.05) is 32.4 Å². The smallest absolute Gasteiger partial charge is 0.212 e. The minimum atomic E-state index is -0.601. The van der Waals surface area contributed by atoms with Gasteiger partial charge in [0.1, 0.15) is 0 Å². The first-order valence-electron chi connectivity index (χ1n) is 3.89. The molecule has 0 fully saturated rings. The third-order valence-electron chi connectivity index (χ3n) is 1.19. The Hall–Kier alpha value is -0.280. The Morgan fingerprint density at radius 2 is 2.00 bits per heavy atom. The summed E-state index contributed by atoms with van der Waals surface area (Å²) in [6.07, 6.45) is 0. The lowest BCUT2D eigenvalue weighted by Crippen LogP contribution is -2.07. The molecular formula is C9H11ClFNS.